The van der Waals surface area contributed by atoms with Gasteiger partial charge in [0.2, 0.25) is 5.91 Å². The van der Waals surface area contributed by atoms with E-state index in [1.807, 2.05) is 63.2 Å². The Morgan fingerprint density at radius 3 is 2.32 bits per heavy atom. The number of nitrogens with one attached hydrogen (secondary N) is 2. The summed E-state index contributed by atoms with van der Waals surface area (Å²) in [6.45, 7) is 7.99. The minimum Gasteiger partial charge on any atom is -0.491 e. The van der Waals surface area contributed by atoms with Gasteiger partial charge in [0.1, 0.15) is 12.4 Å². The molecule has 0 aromatic heterocycles. The van der Waals surface area contributed by atoms with Crippen molar-refractivity contribution in [3.05, 3.63) is 53.6 Å². The summed E-state index contributed by atoms with van der Waals surface area (Å²) in [7, 11) is 0. The predicted octanol–water partition coefficient (Wildman–Crippen LogP) is 3.77. The predicted molar refractivity (Wildman–Crippen MR) is 101 cm³/mol. The number of ether oxygens (including phenoxy) is 2. The highest BCUT2D eigenvalue weighted by Gasteiger charge is 2.06. The van der Waals surface area contributed by atoms with Crippen molar-refractivity contribution in [2.24, 2.45) is 0 Å². The van der Waals surface area contributed by atoms with Crippen LogP contribution < -0.4 is 15.4 Å². The van der Waals surface area contributed by atoms with E-state index in [1.165, 1.54) is 0 Å². The number of carbonyl (C=O) groups is 1. The first-order valence-electron chi connectivity index (χ1n) is 8.50. The van der Waals surface area contributed by atoms with Gasteiger partial charge in [0.25, 0.3) is 0 Å². The lowest BCUT2D eigenvalue weighted by atomic mass is 10.1. The number of hydrogen-bond donors (Lipinski definition) is 2. The topological polar surface area (TPSA) is 59.6 Å². The molecule has 0 heterocycles. The van der Waals surface area contributed by atoms with Gasteiger partial charge in [-0.3, -0.25) is 4.79 Å². The monoisotopic (exact) mass is 342 g/mol. The first-order chi connectivity index (χ1) is 12.1. The lowest BCUT2D eigenvalue weighted by molar-refractivity contribution is -0.114. The van der Waals surface area contributed by atoms with Crippen molar-refractivity contribution < 1.29 is 14.3 Å². The lowest BCUT2D eigenvalue weighted by Gasteiger charge is -2.13. The zero-order valence-electron chi connectivity index (χ0n) is 15.1. The fourth-order valence-corrected chi connectivity index (χ4v) is 2.46. The molecule has 0 bridgehead atoms. The second-order valence-electron chi connectivity index (χ2n) is 5.74. The van der Waals surface area contributed by atoms with Crippen molar-refractivity contribution in [1.82, 2.24) is 0 Å². The van der Waals surface area contributed by atoms with Gasteiger partial charge in [0.15, 0.2) is 0 Å². The van der Waals surface area contributed by atoms with Crippen LogP contribution in [0, 0.1) is 13.8 Å². The molecule has 0 fully saturated rings. The van der Waals surface area contributed by atoms with E-state index < -0.39 is 0 Å². The van der Waals surface area contributed by atoms with Crippen molar-refractivity contribution in [2.75, 3.05) is 37.0 Å². The molecule has 0 atom stereocenters. The smallest absolute Gasteiger partial charge is 0.243 e. The molecule has 134 valence electrons. The highest BCUT2D eigenvalue weighted by molar-refractivity contribution is 5.94. The van der Waals surface area contributed by atoms with Crippen LogP contribution in [0.5, 0.6) is 5.75 Å². The average Bonchev–Trinajstić information content (AvgIpc) is 2.60. The molecule has 0 aliphatic rings. The molecule has 5 nitrogen and oxygen atoms in total. The van der Waals surface area contributed by atoms with E-state index in [1.54, 1.807) is 0 Å². The molecule has 25 heavy (non-hydrogen) atoms. The summed E-state index contributed by atoms with van der Waals surface area (Å²) in [5.41, 5.74) is 4.00. The Bertz CT molecular complexity index is 664. The minimum atomic E-state index is -0.0901. The van der Waals surface area contributed by atoms with E-state index in [9.17, 15) is 4.79 Å². The van der Waals surface area contributed by atoms with Crippen molar-refractivity contribution in [1.29, 1.82) is 0 Å². The number of benzene rings is 2. The molecule has 5 heteroatoms. The van der Waals surface area contributed by atoms with Crippen LogP contribution in [0.25, 0.3) is 0 Å². The molecule has 2 rings (SSSR count). The molecule has 0 saturated heterocycles. The molecule has 1 amide bonds. The van der Waals surface area contributed by atoms with Crippen molar-refractivity contribution in [3.63, 3.8) is 0 Å². The lowest BCUT2D eigenvalue weighted by Crippen LogP contribution is -2.22. The number of amides is 1. The van der Waals surface area contributed by atoms with Gasteiger partial charge >= 0.3 is 0 Å². The molecule has 2 N–H and O–H groups in total. The minimum absolute atomic E-state index is 0.0901. The van der Waals surface area contributed by atoms with Crippen LogP contribution in [-0.4, -0.2) is 32.3 Å². The molecule has 0 spiro atoms. The summed E-state index contributed by atoms with van der Waals surface area (Å²) in [5, 5.41) is 6.07. The van der Waals surface area contributed by atoms with Crippen LogP contribution in [-0.2, 0) is 9.53 Å². The molecule has 0 aliphatic carbocycles. The van der Waals surface area contributed by atoms with Gasteiger partial charge in [-0.1, -0.05) is 18.2 Å². The molecule has 0 unspecified atom stereocenters. The molecular weight excluding hydrogens is 316 g/mol. The van der Waals surface area contributed by atoms with Crippen LogP contribution in [0.3, 0.4) is 0 Å². The Labute approximate surface area is 149 Å². The number of anilines is 2. The van der Waals surface area contributed by atoms with Crippen molar-refractivity contribution >= 4 is 17.3 Å². The van der Waals surface area contributed by atoms with E-state index in [0.29, 0.717) is 19.8 Å². The van der Waals surface area contributed by atoms with Crippen LogP contribution in [0.2, 0.25) is 0 Å². The molecule has 2 aromatic rings. The zero-order chi connectivity index (χ0) is 18.1. The number of rotatable bonds is 9. The third kappa shape index (κ3) is 6.12. The summed E-state index contributed by atoms with van der Waals surface area (Å²) < 4.78 is 10.8. The average molecular weight is 342 g/mol. The highest BCUT2D eigenvalue weighted by atomic mass is 16.5. The van der Waals surface area contributed by atoms with E-state index in [4.69, 9.17) is 9.47 Å². The summed E-state index contributed by atoms with van der Waals surface area (Å²) in [6, 6.07) is 13.4. The van der Waals surface area contributed by atoms with E-state index in [2.05, 4.69) is 10.6 Å². The van der Waals surface area contributed by atoms with Gasteiger partial charge < -0.3 is 20.1 Å². The maximum atomic E-state index is 12.1. The zero-order valence-corrected chi connectivity index (χ0v) is 15.1. The van der Waals surface area contributed by atoms with Crippen LogP contribution in [0.1, 0.15) is 18.1 Å². The standard InChI is InChI=1S/C20H26N2O3/c1-4-24-12-13-25-18-10-8-17(9-11-18)22-19(23)14-21-20-15(2)6-5-7-16(20)3/h5-11,21H,4,12-14H2,1-3H3,(H,22,23). The van der Waals surface area contributed by atoms with Gasteiger partial charge in [-0.05, 0) is 56.2 Å². The summed E-state index contributed by atoms with van der Waals surface area (Å²) >= 11 is 0. The van der Waals surface area contributed by atoms with Crippen LogP contribution in [0.15, 0.2) is 42.5 Å². The number of aryl methyl sites for hydroxylation is 2. The fourth-order valence-electron chi connectivity index (χ4n) is 2.46. The number of carbonyl (C=O) groups excluding carboxylic acids is 1. The first-order valence-corrected chi connectivity index (χ1v) is 8.50. The second kappa shape index (κ2) is 9.69. The van der Waals surface area contributed by atoms with Crippen LogP contribution >= 0.6 is 0 Å². The normalized spacial score (nSPS) is 10.4. The number of para-hydroxylation sites is 1. The fraction of sp³-hybridized carbons (Fsp3) is 0.350. The second-order valence-corrected chi connectivity index (χ2v) is 5.74. The van der Waals surface area contributed by atoms with Gasteiger partial charge in [-0.2, -0.15) is 0 Å². The highest BCUT2D eigenvalue weighted by Crippen LogP contribution is 2.19. The van der Waals surface area contributed by atoms with Gasteiger partial charge in [0.05, 0.1) is 13.2 Å². The summed E-state index contributed by atoms with van der Waals surface area (Å²) in [6.07, 6.45) is 0. The summed E-state index contributed by atoms with van der Waals surface area (Å²) in [4.78, 5) is 12.1. The molecule has 0 saturated carbocycles. The third-order valence-corrected chi connectivity index (χ3v) is 3.75. The Balaban J connectivity index is 1.80. The van der Waals surface area contributed by atoms with E-state index in [-0.39, 0.29) is 12.5 Å². The maximum Gasteiger partial charge on any atom is 0.243 e. The first kappa shape index (κ1) is 18.8. The molecule has 0 radical (unpaired) electrons. The van der Waals surface area contributed by atoms with E-state index >= 15 is 0 Å². The summed E-state index contributed by atoms with van der Waals surface area (Å²) in [5.74, 6) is 0.666. The Morgan fingerprint density at radius 1 is 1.00 bits per heavy atom. The van der Waals surface area contributed by atoms with Crippen molar-refractivity contribution in [3.8, 4) is 5.75 Å². The quantitative estimate of drug-likeness (QED) is 0.681. The SMILES string of the molecule is CCOCCOc1ccc(NC(=O)CNc2c(C)cccc2C)cc1. The number of hydrogen-bond acceptors (Lipinski definition) is 4. The van der Waals surface area contributed by atoms with Gasteiger partial charge in [-0.15, -0.1) is 0 Å². The Hall–Kier alpha value is -2.53. The van der Waals surface area contributed by atoms with Gasteiger partial charge in [0, 0.05) is 18.0 Å². The maximum absolute atomic E-state index is 12.1. The third-order valence-electron chi connectivity index (χ3n) is 3.75. The molecule has 0 aliphatic heterocycles. The Morgan fingerprint density at radius 2 is 1.68 bits per heavy atom. The Kier molecular flexibility index (Phi) is 7.29. The van der Waals surface area contributed by atoms with Crippen LogP contribution in [0.4, 0.5) is 11.4 Å². The van der Waals surface area contributed by atoms with E-state index in [0.717, 1.165) is 28.3 Å². The van der Waals surface area contributed by atoms with Gasteiger partial charge in [-0.25, -0.2) is 0 Å². The largest absolute Gasteiger partial charge is 0.491 e. The molecule has 2 aromatic carbocycles. The molecular formula is C20H26N2O3. The van der Waals surface area contributed by atoms with Crippen molar-refractivity contribution in [2.45, 2.75) is 20.8 Å².